The summed E-state index contributed by atoms with van der Waals surface area (Å²) in [6.07, 6.45) is 4.48. The van der Waals surface area contributed by atoms with Crippen molar-refractivity contribution in [3.63, 3.8) is 0 Å². The van der Waals surface area contributed by atoms with Gasteiger partial charge < -0.3 is 10.4 Å². The van der Waals surface area contributed by atoms with Gasteiger partial charge in [-0.25, -0.2) is 4.79 Å². The topological polar surface area (TPSA) is 66.4 Å². The van der Waals surface area contributed by atoms with Gasteiger partial charge in [0, 0.05) is 0 Å². The zero-order valence-corrected chi connectivity index (χ0v) is 13.1. The van der Waals surface area contributed by atoms with E-state index in [4.69, 9.17) is 23.2 Å². The Labute approximate surface area is 131 Å². The van der Waals surface area contributed by atoms with Crippen molar-refractivity contribution in [2.24, 2.45) is 0 Å². The highest BCUT2D eigenvalue weighted by atomic mass is 35.5. The highest BCUT2D eigenvalue weighted by molar-refractivity contribution is 7.20. The molecule has 4 nitrogen and oxygen atoms in total. The molecule has 1 aliphatic carbocycles. The Morgan fingerprint density at radius 3 is 2.25 bits per heavy atom. The number of halogens is 2. The van der Waals surface area contributed by atoms with Crippen molar-refractivity contribution in [3.8, 4) is 0 Å². The van der Waals surface area contributed by atoms with Crippen molar-refractivity contribution < 1.29 is 14.7 Å². The molecule has 20 heavy (non-hydrogen) atoms. The highest BCUT2D eigenvalue weighted by Crippen LogP contribution is 2.33. The summed E-state index contributed by atoms with van der Waals surface area (Å²) in [4.78, 5) is 23.9. The molecule has 2 rings (SSSR count). The molecule has 0 aliphatic heterocycles. The van der Waals surface area contributed by atoms with Gasteiger partial charge in [0.05, 0.1) is 9.90 Å². The van der Waals surface area contributed by atoms with Crippen LogP contribution in [0.3, 0.4) is 0 Å². The van der Waals surface area contributed by atoms with Crippen molar-refractivity contribution in [2.75, 3.05) is 0 Å². The van der Waals surface area contributed by atoms with Crippen LogP contribution in [0.2, 0.25) is 8.67 Å². The van der Waals surface area contributed by atoms with Crippen LogP contribution in [0.15, 0.2) is 6.07 Å². The first-order chi connectivity index (χ1) is 9.44. The third-order valence-corrected chi connectivity index (χ3v) is 5.11. The number of hydrogen-bond acceptors (Lipinski definition) is 3. The highest BCUT2D eigenvalue weighted by Gasteiger charge is 2.40. The molecular formula is C13H15Cl2NO3S. The van der Waals surface area contributed by atoms with E-state index in [2.05, 4.69) is 5.32 Å². The number of thiophene rings is 1. The minimum absolute atomic E-state index is 0.242. The number of carboxylic acids is 1. The quantitative estimate of drug-likeness (QED) is 0.821. The minimum atomic E-state index is -1.19. The van der Waals surface area contributed by atoms with Gasteiger partial charge in [0.2, 0.25) is 0 Å². The molecule has 1 aromatic heterocycles. The Morgan fingerprint density at radius 2 is 1.80 bits per heavy atom. The standard InChI is InChI=1S/C13H15Cl2NO3S/c14-9-7-8(10(15)20-9)11(17)16-13(12(18)19)5-3-1-2-4-6-13/h7H,1-6H2,(H,16,17)(H,18,19). The fourth-order valence-electron chi connectivity index (χ4n) is 2.50. The van der Waals surface area contributed by atoms with E-state index in [1.54, 1.807) is 0 Å². The van der Waals surface area contributed by atoms with Gasteiger partial charge >= 0.3 is 5.97 Å². The Kier molecular flexibility index (Phi) is 4.94. The second-order valence-corrected chi connectivity index (χ2v) is 7.28. The van der Waals surface area contributed by atoms with Crippen LogP contribution in [0.25, 0.3) is 0 Å². The van der Waals surface area contributed by atoms with Crippen LogP contribution in [0, 0.1) is 0 Å². The lowest BCUT2D eigenvalue weighted by molar-refractivity contribution is -0.145. The first-order valence-electron chi connectivity index (χ1n) is 6.45. The summed E-state index contributed by atoms with van der Waals surface area (Å²) < 4.78 is 0.687. The maximum atomic E-state index is 12.3. The molecule has 1 aliphatic rings. The van der Waals surface area contributed by atoms with Gasteiger partial charge in [-0.05, 0) is 18.9 Å². The molecule has 110 valence electrons. The second-order valence-electron chi connectivity index (χ2n) is 4.99. The second kappa shape index (κ2) is 6.33. The fourth-order valence-corrected chi connectivity index (χ4v) is 3.96. The zero-order valence-electron chi connectivity index (χ0n) is 10.7. The van der Waals surface area contributed by atoms with E-state index in [1.165, 1.54) is 6.07 Å². The molecule has 0 radical (unpaired) electrons. The summed E-state index contributed by atoms with van der Waals surface area (Å²) in [6.45, 7) is 0. The smallest absolute Gasteiger partial charge is 0.329 e. The Bertz CT molecular complexity index is 522. The van der Waals surface area contributed by atoms with E-state index < -0.39 is 17.4 Å². The first-order valence-corrected chi connectivity index (χ1v) is 8.02. The molecule has 0 bridgehead atoms. The molecule has 1 amide bonds. The number of nitrogens with one attached hydrogen (secondary N) is 1. The van der Waals surface area contributed by atoms with Crippen LogP contribution in [-0.2, 0) is 4.79 Å². The maximum absolute atomic E-state index is 12.3. The monoisotopic (exact) mass is 335 g/mol. The molecule has 0 saturated heterocycles. The lowest BCUT2D eigenvalue weighted by Crippen LogP contribution is -2.54. The number of amides is 1. The van der Waals surface area contributed by atoms with Gasteiger partial charge in [-0.15, -0.1) is 11.3 Å². The molecule has 0 spiro atoms. The van der Waals surface area contributed by atoms with Gasteiger partial charge in [-0.2, -0.15) is 0 Å². The maximum Gasteiger partial charge on any atom is 0.329 e. The molecular weight excluding hydrogens is 321 g/mol. The largest absolute Gasteiger partial charge is 0.480 e. The molecule has 7 heteroatoms. The van der Waals surface area contributed by atoms with Gasteiger partial charge in [-0.1, -0.05) is 48.9 Å². The average Bonchev–Trinajstić information content (AvgIpc) is 2.60. The van der Waals surface area contributed by atoms with Crippen molar-refractivity contribution in [3.05, 3.63) is 20.3 Å². The van der Waals surface area contributed by atoms with E-state index in [-0.39, 0.29) is 9.90 Å². The molecule has 1 heterocycles. The first kappa shape index (κ1) is 15.6. The van der Waals surface area contributed by atoms with Crippen molar-refractivity contribution in [1.82, 2.24) is 5.32 Å². The molecule has 0 unspecified atom stereocenters. The number of aliphatic carboxylic acids is 1. The third kappa shape index (κ3) is 3.27. The molecule has 2 N–H and O–H groups in total. The van der Waals surface area contributed by atoms with Crippen LogP contribution < -0.4 is 5.32 Å². The van der Waals surface area contributed by atoms with Crippen LogP contribution in [0.5, 0.6) is 0 Å². The summed E-state index contributed by atoms with van der Waals surface area (Å²) in [6, 6.07) is 1.47. The summed E-state index contributed by atoms with van der Waals surface area (Å²) in [5.41, 5.74) is -0.947. The molecule has 0 atom stereocenters. The van der Waals surface area contributed by atoms with Crippen molar-refractivity contribution in [2.45, 2.75) is 44.1 Å². The van der Waals surface area contributed by atoms with Gasteiger partial charge in [0.15, 0.2) is 0 Å². The minimum Gasteiger partial charge on any atom is -0.480 e. The van der Waals surface area contributed by atoms with Gasteiger partial charge in [0.25, 0.3) is 5.91 Å². The predicted octanol–water partition coefficient (Wildman–Crippen LogP) is 3.96. The van der Waals surface area contributed by atoms with E-state index in [1.807, 2.05) is 0 Å². The molecule has 1 saturated carbocycles. The summed E-state index contributed by atoms with van der Waals surface area (Å²) in [5, 5.41) is 12.2. The molecule has 0 aromatic carbocycles. The van der Waals surface area contributed by atoms with Crippen molar-refractivity contribution >= 4 is 46.4 Å². The SMILES string of the molecule is O=C(NC1(C(=O)O)CCCCCC1)c1cc(Cl)sc1Cl. The van der Waals surface area contributed by atoms with Gasteiger partial charge in [-0.3, -0.25) is 4.79 Å². The number of hydrogen-bond donors (Lipinski definition) is 2. The van der Waals surface area contributed by atoms with Crippen LogP contribution >= 0.6 is 34.5 Å². The number of carboxylic acid groups (broad SMARTS) is 1. The van der Waals surface area contributed by atoms with Gasteiger partial charge in [0.1, 0.15) is 9.88 Å². The predicted molar refractivity (Wildman–Crippen MR) is 79.9 cm³/mol. The van der Waals surface area contributed by atoms with Crippen LogP contribution in [0.4, 0.5) is 0 Å². The fraction of sp³-hybridized carbons (Fsp3) is 0.538. The average molecular weight is 336 g/mol. The Balaban J connectivity index is 2.21. The molecule has 1 fully saturated rings. The van der Waals surface area contributed by atoms with E-state index in [9.17, 15) is 14.7 Å². The van der Waals surface area contributed by atoms with E-state index in [0.29, 0.717) is 17.2 Å². The van der Waals surface area contributed by atoms with E-state index >= 15 is 0 Å². The zero-order chi connectivity index (χ0) is 14.8. The summed E-state index contributed by atoms with van der Waals surface area (Å²) >= 11 is 12.8. The normalized spacial score (nSPS) is 18.3. The van der Waals surface area contributed by atoms with Crippen LogP contribution in [-0.4, -0.2) is 22.5 Å². The van der Waals surface area contributed by atoms with Crippen LogP contribution in [0.1, 0.15) is 48.9 Å². The Morgan fingerprint density at radius 1 is 1.20 bits per heavy atom. The summed E-state index contributed by atoms with van der Waals surface area (Å²) in [7, 11) is 0. The number of rotatable bonds is 3. The lowest BCUT2D eigenvalue weighted by Gasteiger charge is -2.29. The Hall–Kier alpha value is -0.780. The lowest BCUT2D eigenvalue weighted by atomic mass is 9.90. The van der Waals surface area contributed by atoms with Crippen molar-refractivity contribution in [1.29, 1.82) is 0 Å². The van der Waals surface area contributed by atoms with E-state index in [0.717, 1.165) is 37.0 Å². The molecule has 1 aromatic rings. The third-order valence-electron chi connectivity index (χ3n) is 3.62. The number of carbonyl (C=O) groups is 2. The summed E-state index contributed by atoms with van der Waals surface area (Å²) in [5.74, 6) is -1.45. The number of carbonyl (C=O) groups excluding carboxylic acids is 1.